The highest BCUT2D eigenvalue weighted by atomic mass is 16.5. The van der Waals surface area contributed by atoms with Gasteiger partial charge in [0, 0.05) is 19.1 Å². The van der Waals surface area contributed by atoms with E-state index in [1.54, 1.807) is 25.3 Å². The van der Waals surface area contributed by atoms with Gasteiger partial charge in [0.1, 0.15) is 11.5 Å². The van der Waals surface area contributed by atoms with Gasteiger partial charge in [0.25, 0.3) is 0 Å². The van der Waals surface area contributed by atoms with Crippen LogP contribution in [-0.2, 0) is 0 Å². The van der Waals surface area contributed by atoms with E-state index in [2.05, 4.69) is 20.1 Å². The number of methoxy groups -OCH3 is 1. The number of aromatic hydroxyl groups is 1. The van der Waals surface area contributed by atoms with E-state index in [0.29, 0.717) is 23.1 Å². The average Bonchev–Trinajstić information content (AvgIpc) is 2.97. The number of rotatable bonds is 3. The van der Waals surface area contributed by atoms with Crippen LogP contribution in [0.25, 0.3) is 11.4 Å². The first-order valence-electron chi connectivity index (χ1n) is 6.97. The summed E-state index contributed by atoms with van der Waals surface area (Å²) in [5, 5.41) is 17.1. The van der Waals surface area contributed by atoms with Crippen molar-refractivity contribution in [3.63, 3.8) is 0 Å². The summed E-state index contributed by atoms with van der Waals surface area (Å²) < 4.78 is 5.17. The molecule has 1 aromatic carbocycles. The first-order valence-corrected chi connectivity index (χ1v) is 6.97. The van der Waals surface area contributed by atoms with Crippen LogP contribution < -0.4 is 15.4 Å². The van der Waals surface area contributed by atoms with Gasteiger partial charge in [0.05, 0.1) is 12.7 Å². The maximum absolute atomic E-state index is 9.97. The monoisotopic (exact) mass is 289 g/mol. The van der Waals surface area contributed by atoms with E-state index in [4.69, 9.17) is 10.5 Å². The molecule has 0 saturated carbocycles. The molecule has 21 heavy (non-hydrogen) atoms. The van der Waals surface area contributed by atoms with E-state index >= 15 is 0 Å². The summed E-state index contributed by atoms with van der Waals surface area (Å²) in [7, 11) is 1.58. The predicted molar refractivity (Wildman–Crippen MR) is 79.5 cm³/mol. The van der Waals surface area contributed by atoms with Crippen molar-refractivity contribution < 1.29 is 9.84 Å². The highest BCUT2D eigenvalue weighted by molar-refractivity contribution is 5.66. The first-order chi connectivity index (χ1) is 10.2. The summed E-state index contributed by atoms with van der Waals surface area (Å²) in [5.74, 6) is 1.91. The number of hydrogen-bond acceptors (Lipinski definition) is 6. The lowest BCUT2D eigenvalue weighted by Gasteiger charge is -2.29. The Labute approximate surface area is 122 Å². The van der Waals surface area contributed by atoms with Crippen molar-refractivity contribution in [2.24, 2.45) is 5.73 Å². The quantitative estimate of drug-likeness (QED) is 0.782. The molecule has 112 valence electrons. The van der Waals surface area contributed by atoms with Gasteiger partial charge in [0.2, 0.25) is 5.95 Å². The summed E-state index contributed by atoms with van der Waals surface area (Å²) in [4.78, 5) is 6.52. The van der Waals surface area contributed by atoms with Crippen molar-refractivity contribution in [3.05, 3.63) is 18.2 Å². The largest absolute Gasteiger partial charge is 0.507 e. The van der Waals surface area contributed by atoms with Crippen molar-refractivity contribution in [1.82, 2.24) is 15.2 Å². The number of piperidine rings is 1. The minimum absolute atomic E-state index is 0.133. The second kappa shape index (κ2) is 5.61. The van der Waals surface area contributed by atoms with Crippen LogP contribution in [0.15, 0.2) is 18.2 Å². The average molecular weight is 289 g/mol. The zero-order chi connectivity index (χ0) is 14.8. The number of phenols is 1. The molecule has 4 N–H and O–H groups in total. The van der Waals surface area contributed by atoms with Crippen molar-refractivity contribution in [3.8, 4) is 22.9 Å². The fourth-order valence-corrected chi connectivity index (χ4v) is 2.54. The van der Waals surface area contributed by atoms with Gasteiger partial charge in [-0.2, -0.15) is 4.98 Å². The standard InChI is InChI=1S/C14H19N5O2/c1-21-10-4-5-12(20)11(7-10)13-16-14(18-17-13)19-6-2-3-9(15)8-19/h4-5,7,9,20H,2-3,6,8,15H2,1H3,(H,16,17,18). The number of nitrogens with one attached hydrogen (secondary N) is 1. The first kappa shape index (κ1) is 13.7. The Morgan fingerprint density at radius 2 is 2.33 bits per heavy atom. The van der Waals surface area contributed by atoms with Gasteiger partial charge in [-0.1, -0.05) is 0 Å². The minimum atomic E-state index is 0.133. The fourth-order valence-electron chi connectivity index (χ4n) is 2.54. The second-order valence-corrected chi connectivity index (χ2v) is 5.22. The molecule has 2 aromatic rings. The molecule has 1 aromatic heterocycles. The molecule has 1 fully saturated rings. The zero-order valence-corrected chi connectivity index (χ0v) is 11.9. The van der Waals surface area contributed by atoms with Gasteiger partial charge in [0.15, 0.2) is 5.82 Å². The van der Waals surface area contributed by atoms with Gasteiger partial charge >= 0.3 is 0 Å². The molecule has 7 nitrogen and oxygen atoms in total. The molecule has 2 heterocycles. The van der Waals surface area contributed by atoms with Gasteiger partial charge in [-0.15, -0.1) is 5.10 Å². The third-order valence-electron chi connectivity index (χ3n) is 3.67. The van der Waals surface area contributed by atoms with E-state index in [1.807, 2.05) is 0 Å². The number of hydrogen-bond donors (Lipinski definition) is 3. The lowest BCUT2D eigenvalue weighted by atomic mass is 10.1. The molecule has 0 amide bonds. The van der Waals surface area contributed by atoms with Crippen LogP contribution in [0.4, 0.5) is 5.95 Å². The summed E-state index contributed by atoms with van der Waals surface area (Å²) in [6, 6.07) is 5.15. The van der Waals surface area contributed by atoms with Crippen LogP contribution in [0, 0.1) is 0 Å². The summed E-state index contributed by atoms with van der Waals surface area (Å²) in [5.41, 5.74) is 6.54. The smallest absolute Gasteiger partial charge is 0.245 e. The Hall–Kier alpha value is -2.28. The maximum Gasteiger partial charge on any atom is 0.245 e. The molecule has 3 rings (SSSR count). The highest BCUT2D eigenvalue weighted by Crippen LogP contribution is 2.31. The van der Waals surface area contributed by atoms with E-state index < -0.39 is 0 Å². The van der Waals surface area contributed by atoms with Gasteiger partial charge in [-0.25, -0.2) is 0 Å². The third-order valence-corrected chi connectivity index (χ3v) is 3.67. The molecule has 1 aliphatic rings. The van der Waals surface area contributed by atoms with Gasteiger partial charge < -0.3 is 20.5 Å². The summed E-state index contributed by atoms with van der Waals surface area (Å²) in [6.45, 7) is 1.65. The van der Waals surface area contributed by atoms with E-state index in [0.717, 1.165) is 25.9 Å². The lowest BCUT2D eigenvalue weighted by molar-refractivity contribution is 0.412. The normalized spacial score (nSPS) is 18.8. The number of nitrogens with zero attached hydrogens (tertiary/aromatic N) is 3. The fraction of sp³-hybridized carbons (Fsp3) is 0.429. The van der Waals surface area contributed by atoms with Crippen LogP contribution in [0.2, 0.25) is 0 Å². The highest BCUT2D eigenvalue weighted by Gasteiger charge is 2.21. The number of H-pyrrole nitrogens is 1. The molecular weight excluding hydrogens is 270 g/mol. The number of ether oxygens (including phenoxy) is 1. The molecule has 0 spiro atoms. The van der Waals surface area contributed by atoms with Crippen molar-refractivity contribution >= 4 is 5.95 Å². The molecule has 1 unspecified atom stereocenters. The number of aromatic amines is 1. The molecule has 0 bridgehead atoms. The van der Waals surface area contributed by atoms with E-state index in [9.17, 15) is 5.11 Å². The van der Waals surface area contributed by atoms with Crippen LogP contribution in [0.1, 0.15) is 12.8 Å². The third kappa shape index (κ3) is 2.78. The Bertz CT molecular complexity index is 628. The Morgan fingerprint density at radius 3 is 3.10 bits per heavy atom. The summed E-state index contributed by atoms with van der Waals surface area (Å²) >= 11 is 0. The number of phenolic OH excluding ortho intramolecular Hbond substituents is 1. The van der Waals surface area contributed by atoms with Gasteiger partial charge in [-0.05, 0) is 31.0 Å². The lowest BCUT2D eigenvalue weighted by Crippen LogP contribution is -2.43. The minimum Gasteiger partial charge on any atom is -0.507 e. The van der Waals surface area contributed by atoms with Gasteiger partial charge in [-0.3, -0.25) is 5.10 Å². The zero-order valence-electron chi connectivity index (χ0n) is 11.9. The number of aromatic nitrogens is 3. The van der Waals surface area contributed by atoms with Crippen molar-refractivity contribution in [2.75, 3.05) is 25.1 Å². The number of nitrogens with two attached hydrogens (primary N) is 1. The molecule has 1 atom stereocenters. The Morgan fingerprint density at radius 1 is 1.48 bits per heavy atom. The van der Waals surface area contributed by atoms with Crippen LogP contribution in [0.3, 0.4) is 0 Å². The predicted octanol–water partition coefficient (Wildman–Crippen LogP) is 1.11. The van der Waals surface area contributed by atoms with Crippen molar-refractivity contribution in [1.29, 1.82) is 0 Å². The number of benzene rings is 1. The van der Waals surface area contributed by atoms with Crippen LogP contribution in [0.5, 0.6) is 11.5 Å². The van der Waals surface area contributed by atoms with E-state index in [-0.39, 0.29) is 11.8 Å². The molecule has 0 aliphatic carbocycles. The van der Waals surface area contributed by atoms with Crippen LogP contribution >= 0.6 is 0 Å². The molecular formula is C14H19N5O2. The SMILES string of the molecule is COc1ccc(O)c(-c2nc(N3CCCC(N)C3)n[nH]2)c1. The molecule has 1 saturated heterocycles. The van der Waals surface area contributed by atoms with Crippen molar-refractivity contribution in [2.45, 2.75) is 18.9 Å². The molecule has 7 heteroatoms. The molecule has 0 radical (unpaired) electrons. The Kier molecular flexibility index (Phi) is 3.66. The Balaban J connectivity index is 1.87. The maximum atomic E-state index is 9.97. The second-order valence-electron chi connectivity index (χ2n) is 5.22. The topological polar surface area (TPSA) is 100 Å². The summed E-state index contributed by atoms with van der Waals surface area (Å²) in [6.07, 6.45) is 2.07. The van der Waals surface area contributed by atoms with Crippen LogP contribution in [-0.4, -0.2) is 46.5 Å². The number of anilines is 1. The van der Waals surface area contributed by atoms with E-state index in [1.165, 1.54) is 0 Å². The molecule has 1 aliphatic heterocycles.